The third kappa shape index (κ3) is 5.71. The molecule has 43 heavy (non-hydrogen) atoms. The fourth-order valence-corrected chi connectivity index (χ4v) is 6.83. The van der Waals surface area contributed by atoms with Crippen molar-refractivity contribution in [1.29, 1.82) is 0 Å². The number of ketones is 3. The lowest BCUT2D eigenvalue weighted by Gasteiger charge is -2.46. The first-order valence-corrected chi connectivity index (χ1v) is 15.0. The molecule has 0 bridgehead atoms. The predicted molar refractivity (Wildman–Crippen MR) is 171 cm³/mol. The first kappa shape index (κ1) is 28.8. The standard InChI is InChI=1S/C38H28Cl2O3/c39-29-20-16-25(17-21-29)31-33(24-10-4-1-5-11-24)38(43)35(37(42)28-14-8-3-9-15-28)32(26-18-22-30(40)23-19-26)34(31)36(41)27-12-6-2-7-13-27/h1-23,31-35H/t31-,32-,33-,34+,35?/m1/s1. The Kier molecular flexibility index (Phi) is 8.38. The molecule has 0 saturated heterocycles. The van der Waals surface area contributed by atoms with Gasteiger partial charge in [-0.2, -0.15) is 0 Å². The number of Topliss-reactive ketones (excluding diaryl/α,β-unsaturated/α-hetero) is 3. The van der Waals surface area contributed by atoms with E-state index in [-0.39, 0.29) is 17.3 Å². The fourth-order valence-electron chi connectivity index (χ4n) is 6.58. The smallest absolute Gasteiger partial charge is 0.173 e. The second-order valence-corrected chi connectivity index (χ2v) is 11.8. The summed E-state index contributed by atoms with van der Waals surface area (Å²) in [7, 11) is 0. The van der Waals surface area contributed by atoms with E-state index in [0.29, 0.717) is 26.7 Å². The Morgan fingerprint density at radius 2 is 0.884 bits per heavy atom. The van der Waals surface area contributed by atoms with Crippen LogP contribution in [-0.2, 0) is 4.79 Å². The van der Waals surface area contributed by atoms with Crippen molar-refractivity contribution in [2.24, 2.45) is 11.8 Å². The topological polar surface area (TPSA) is 51.2 Å². The molecular formula is C38H28Cl2O3. The summed E-state index contributed by atoms with van der Waals surface area (Å²) in [6.45, 7) is 0. The van der Waals surface area contributed by atoms with Gasteiger partial charge in [0.1, 0.15) is 0 Å². The van der Waals surface area contributed by atoms with Crippen LogP contribution >= 0.6 is 23.2 Å². The van der Waals surface area contributed by atoms with Crippen molar-refractivity contribution >= 4 is 40.6 Å². The minimum atomic E-state index is -1.10. The summed E-state index contributed by atoms with van der Waals surface area (Å²) < 4.78 is 0. The van der Waals surface area contributed by atoms with Crippen LogP contribution in [0.1, 0.15) is 55.2 Å². The van der Waals surface area contributed by atoms with Gasteiger partial charge in [-0.3, -0.25) is 14.4 Å². The average molecular weight is 604 g/mol. The van der Waals surface area contributed by atoms with Crippen LogP contribution in [0.25, 0.3) is 0 Å². The Labute approximate surface area is 261 Å². The van der Waals surface area contributed by atoms with Crippen LogP contribution < -0.4 is 0 Å². The van der Waals surface area contributed by atoms with Crippen molar-refractivity contribution in [3.05, 3.63) is 177 Å². The number of carbonyl (C=O) groups excluding carboxylic acids is 3. The molecule has 5 heteroatoms. The zero-order valence-corrected chi connectivity index (χ0v) is 24.7. The minimum absolute atomic E-state index is 0.125. The number of hydrogen-bond acceptors (Lipinski definition) is 3. The molecule has 6 rings (SSSR count). The minimum Gasteiger partial charge on any atom is -0.298 e. The van der Waals surface area contributed by atoms with E-state index in [1.807, 2.05) is 78.9 Å². The SMILES string of the molecule is O=C(c1ccccc1)C1C(=O)[C@H](c2ccccc2)[C@@H](c2ccc(Cl)cc2)[C@H](C(=O)c2ccccc2)[C@H]1c1ccc(Cl)cc1. The third-order valence-electron chi connectivity index (χ3n) is 8.48. The lowest BCUT2D eigenvalue weighted by Crippen LogP contribution is -2.49. The highest BCUT2D eigenvalue weighted by Gasteiger charge is 2.56. The molecule has 0 N–H and O–H groups in total. The van der Waals surface area contributed by atoms with E-state index in [9.17, 15) is 14.4 Å². The molecule has 0 amide bonds. The van der Waals surface area contributed by atoms with Crippen molar-refractivity contribution in [1.82, 2.24) is 0 Å². The zero-order valence-electron chi connectivity index (χ0n) is 23.1. The molecule has 0 spiro atoms. The second kappa shape index (κ2) is 12.5. The highest BCUT2D eigenvalue weighted by atomic mass is 35.5. The molecule has 0 aromatic heterocycles. The molecule has 1 saturated carbocycles. The van der Waals surface area contributed by atoms with Crippen molar-refractivity contribution in [2.45, 2.75) is 17.8 Å². The van der Waals surface area contributed by atoms with Gasteiger partial charge in [0.05, 0.1) is 11.8 Å². The first-order chi connectivity index (χ1) is 20.9. The van der Waals surface area contributed by atoms with E-state index in [2.05, 4.69) is 0 Å². The lowest BCUT2D eigenvalue weighted by atomic mass is 9.54. The average Bonchev–Trinajstić information content (AvgIpc) is 3.05. The maximum atomic E-state index is 15.0. The number of hydrogen-bond donors (Lipinski definition) is 0. The fraction of sp³-hybridized carbons (Fsp3) is 0.132. The normalized spacial score (nSPS) is 21.7. The number of halogens is 2. The van der Waals surface area contributed by atoms with Crippen LogP contribution in [0, 0.1) is 11.8 Å². The van der Waals surface area contributed by atoms with E-state index in [1.54, 1.807) is 60.7 Å². The van der Waals surface area contributed by atoms with Gasteiger partial charge in [0.15, 0.2) is 17.3 Å². The molecule has 1 fully saturated rings. The Morgan fingerprint density at radius 3 is 1.37 bits per heavy atom. The molecule has 5 aromatic carbocycles. The molecule has 1 aliphatic carbocycles. The maximum Gasteiger partial charge on any atom is 0.173 e. The summed E-state index contributed by atoms with van der Waals surface area (Å²) in [4.78, 5) is 44.2. The molecule has 1 unspecified atom stereocenters. The molecule has 0 aliphatic heterocycles. The van der Waals surface area contributed by atoms with Crippen LogP contribution in [0.4, 0.5) is 0 Å². The molecule has 5 aromatic rings. The number of rotatable bonds is 7. The molecule has 3 nitrogen and oxygen atoms in total. The highest BCUT2D eigenvalue weighted by molar-refractivity contribution is 6.30. The van der Waals surface area contributed by atoms with Gasteiger partial charge in [-0.15, -0.1) is 0 Å². The summed E-state index contributed by atoms with van der Waals surface area (Å²) >= 11 is 12.6. The molecule has 0 heterocycles. The van der Waals surface area contributed by atoms with E-state index < -0.39 is 29.6 Å². The summed E-state index contributed by atoms with van der Waals surface area (Å²) in [6, 6.07) is 41.9. The summed E-state index contributed by atoms with van der Waals surface area (Å²) in [6.07, 6.45) is 0. The third-order valence-corrected chi connectivity index (χ3v) is 8.98. The largest absolute Gasteiger partial charge is 0.298 e. The second-order valence-electron chi connectivity index (χ2n) is 10.9. The van der Waals surface area contributed by atoms with Crippen molar-refractivity contribution in [3.63, 3.8) is 0 Å². The van der Waals surface area contributed by atoms with Gasteiger partial charge < -0.3 is 0 Å². The van der Waals surface area contributed by atoms with Gasteiger partial charge in [-0.25, -0.2) is 0 Å². The van der Waals surface area contributed by atoms with Crippen LogP contribution in [-0.4, -0.2) is 17.3 Å². The van der Waals surface area contributed by atoms with E-state index in [0.717, 1.165) is 11.1 Å². The van der Waals surface area contributed by atoms with Gasteiger partial charge in [-0.1, -0.05) is 138 Å². The lowest BCUT2D eigenvalue weighted by molar-refractivity contribution is -0.127. The van der Waals surface area contributed by atoms with Gasteiger partial charge in [-0.05, 0) is 41.0 Å². The van der Waals surface area contributed by atoms with Crippen LogP contribution in [0.5, 0.6) is 0 Å². The van der Waals surface area contributed by atoms with Crippen molar-refractivity contribution in [3.8, 4) is 0 Å². The van der Waals surface area contributed by atoms with Crippen molar-refractivity contribution in [2.75, 3.05) is 0 Å². The van der Waals surface area contributed by atoms with Gasteiger partial charge in [0.25, 0.3) is 0 Å². The first-order valence-electron chi connectivity index (χ1n) is 14.2. The predicted octanol–water partition coefficient (Wildman–Crippen LogP) is 9.23. The Bertz CT molecular complexity index is 1740. The monoisotopic (exact) mass is 602 g/mol. The van der Waals surface area contributed by atoms with Crippen LogP contribution in [0.15, 0.2) is 140 Å². The molecule has 0 radical (unpaired) electrons. The molecule has 5 atom stereocenters. The van der Waals surface area contributed by atoms with E-state index >= 15 is 0 Å². The van der Waals surface area contributed by atoms with E-state index in [1.165, 1.54) is 0 Å². The van der Waals surface area contributed by atoms with Crippen LogP contribution in [0.3, 0.4) is 0 Å². The van der Waals surface area contributed by atoms with Gasteiger partial charge >= 0.3 is 0 Å². The summed E-state index contributed by atoms with van der Waals surface area (Å²) in [5.74, 6) is -4.56. The van der Waals surface area contributed by atoms with E-state index in [4.69, 9.17) is 23.2 Å². The Hall–Kier alpha value is -4.31. The Morgan fingerprint density at radius 1 is 0.465 bits per heavy atom. The van der Waals surface area contributed by atoms with Gasteiger partial charge in [0.2, 0.25) is 0 Å². The molecular weight excluding hydrogens is 575 g/mol. The number of benzene rings is 5. The van der Waals surface area contributed by atoms with Crippen LogP contribution in [0.2, 0.25) is 10.0 Å². The summed E-state index contributed by atoms with van der Waals surface area (Å²) in [5, 5.41) is 1.08. The highest BCUT2D eigenvalue weighted by Crippen LogP contribution is 2.55. The quantitative estimate of drug-likeness (QED) is 0.138. The van der Waals surface area contributed by atoms with Gasteiger partial charge in [0, 0.05) is 38.9 Å². The number of carbonyl (C=O) groups is 3. The molecule has 1 aliphatic rings. The maximum absolute atomic E-state index is 15.0. The summed E-state index contributed by atoms with van der Waals surface area (Å²) in [5.41, 5.74) is 3.25. The van der Waals surface area contributed by atoms with Crippen molar-refractivity contribution < 1.29 is 14.4 Å². The zero-order chi connectivity index (χ0) is 29.9. The molecule has 212 valence electrons. The Balaban J connectivity index is 1.65.